The third kappa shape index (κ3) is 5.24. The third-order valence-electron chi connectivity index (χ3n) is 4.74. The van der Waals surface area contributed by atoms with E-state index in [4.69, 9.17) is 16.3 Å². The second-order valence-electron chi connectivity index (χ2n) is 6.77. The third-order valence-corrected chi connectivity index (χ3v) is 5.98. The molecule has 3 atom stereocenters. The number of aliphatic hydroxyl groups is 2. The fourth-order valence-corrected chi connectivity index (χ4v) is 4.25. The molecule has 0 spiro atoms. The molecule has 1 heterocycles. The highest BCUT2D eigenvalue weighted by atomic mass is 35.5. The van der Waals surface area contributed by atoms with Crippen LogP contribution in [0.15, 0.2) is 41.3 Å². The van der Waals surface area contributed by atoms with Crippen molar-refractivity contribution in [2.45, 2.75) is 49.4 Å². The maximum atomic E-state index is 14.5. The van der Waals surface area contributed by atoms with Gasteiger partial charge in [0.1, 0.15) is 5.82 Å². The first-order valence-corrected chi connectivity index (χ1v) is 10.5. The van der Waals surface area contributed by atoms with Gasteiger partial charge >= 0.3 is 0 Å². The number of hydrogen-bond acceptors (Lipinski definition) is 4. The summed E-state index contributed by atoms with van der Waals surface area (Å²) in [7, 11) is 0. The average molecular weight is 411 g/mol. The molecule has 2 N–H and O–H groups in total. The molecule has 0 unspecified atom stereocenters. The van der Waals surface area contributed by atoms with Crippen LogP contribution >= 0.6 is 23.4 Å². The van der Waals surface area contributed by atoms with Gasteiger partial charge in [-0.3, -0.25) is 0 Å². The zero-order chi connectivity index (χ0) is 19.4. The van der Waals surface area contributed by atoms with E-state index in [1.165, 1.54) is 0 Å². The fraction of sp³-hybridized carbons (Fsp3) is 0.429. The lowest BCUT2D eigenvalue weighted by molar-refractivity contribution is -0.113. The van der Waals surface area contributed by atoms with Crippen molar-refractivity contribution in [3.05, 3.63) is 63.9 Å². The highest BCUT2D eigenvalue weighted by molar-refractivity contribution is 7.99. The van der Waals surface area contributed by atoms with E-state index >= 15 is 0 Å². The molecule has 146 valence electrons. The van der Waals surface area contributed by atoms with Gasteiger partial charge in [-0.25, -0.2) is 4.39 Å². The predicted octanol–water partition coefficient (Wildman–Crippen LogP) is 4.76. The van der Waals surface area contributed by atoms with Crippen molar-refractivity contribution < 1.29 is 19.3 Å². The van der Waals surface area contributed by atoms with Crippen molar-refractivity contribution in [2.75, 3.05) is 12.4 Å². The van der Waals surface area contributed by atoms with Crippen LogP contribution in [0, 0.1) is 5.82 Å². The van der Waals surface area contributed by atoms with E-state index in [-0.39, 0.29) is 24.6 Å². The van der Waals surface area contributed by atoms with E-state index in [2.05, 4.69) is 0 Å². The molecular formula is C21H24ClFO3S. The van der Waals surface area contributed by atoms with Crippen LogP contribution in [0.2, 0.25) is 5.02 Å². The molecular weight excluding hydrogens is 387 g/mol. The standard InChI is InChI=1S/C21H24ClFO3S/c1-2-27-18-5-3-13(20(23)11-18)7-15-8-14(4-6-19(15)22)21-10-16(25)9-17(12-24)26-21/h3-6,8,11,16-17,21,24-25H,2,7,9-10,12H2,1H3/t16-,17-,21+/m0/s1. The van der Waals surface area contributed by atoms with Crippen molar-refractivity contribution in [3.63, 3.8) is 0 Å². The number of rotatable bonds is 6. The van der Waals surface area contributed by atoms with E-state index in [0.717, 1.165) is 21.8 Å². The van der Waals surface area contributed by atoms with Crippen LogP contribution < -0.4 is 0 Å². The Hall–Kier alpha value is -1.11. The first kappa shape index (κ1) is 20.6. The van der Waals surface area contributed by atoms with Crippen LogP contribution in [0.5, 0.6) is 0 Å². The van der Waals surface area contributed by atoms with Gasteiger partial charge < -0.3 is 14.9 Å². The van der Waals surface area contributed by atoms with E-state index in [9.17, 15) is 14.6 Å². The van der Waals surface area contributed by atoms with E-state index in [0.29, 0.717) is 29.8 Å². The second kappa shape index (κ2) is 9.39. The second-order valence-corrected chi connectivity index (χ2v) is 8.51. The highest BCUT2D eigenvalue weighted by Gasteiger charge is 2.29. The number of benzene rings is 2. The van der Waals surface area contributed by atoms with Gasteiger partial charge in [0.25, 0.3) is 0 Å². The summed E-state index contributed by atoms with van der Waals surface area (Å²) in [6, 6.07) is 10.8. The molecule has 0 bridgehead atoms. The topological polar surface area (TPSA) is 49.7 Å². The summed E-state index contributed by atoms with van der Waals surface area (Å²) in [6.07, 6.45) is 0.0827. The molecule has 2 aromatic carbocycles. The fourth-order valence-electron chi connectivity index (χ4n) is 3.39. The Morgan fingerprint density at radius 1 is 1.19 bits per heavy atom. The summed E-state index contributed by atoms with van der Waals surface area (Å²) in [5.74, 6) is 0.661. The zero-order valence-corrected chi connectivity index (χ0v) is 16.8. The molecule has 0 aliphatic carbocycles. The number of thioether (sulfide) groups is 1. The molecule has 0 radical (unpaired) electrons. The molecule has 6 heteroatoms. The van der Waals surface area contributed by atoms with Crippen molar-refractivity contribution >= 4 is 23.4 Å². The van der Waals surface area contributed by atoms with Crippen molar-refractivity contribution in [1.82, 2.24) is 0 Å². The van der Waals surface area contributed by atoms with Gasteiger partial charge in [-0.1, -0.05) is 36.7 Å². The largest absolute Gasteiger partial charge is 0.394 e. The minimum atomic E-state index is -0.513. The van der Waals surface area contributed by atoms with E-state index < -0.39 is 6.10 Å². The first-order valence-electron chi connectivity index (χ1n) is 9.14. The van der Waals surface area contributed by atoms with Crippen LogP contribution in [0.1, 0.15) is 42.6 Å². The molecule has 3 nitrogen and oxygen atoms in total. The summed E-state index contributed by atoms with van der Waals surface area (Å²) in [6.45, 7) is 1.91. The minimum absolute atomic E-state index is 0.124. The van der Waals surface area contributed by atoms with Crippen molar-refractivity contribution in [1.29, 1.82) is 0 Å². The maximum Gasteiger partial charge on any atom is 0.127 e. The van der Waals surface area contributed by atoms with Gasteiger partial charge in [0.15, 0.2) is 0 Å². The van der Waals surface area contributed by atoms with E-state index in [1.54, 1.807) is 30.0 Å². The normalized spacial score (nSPS) is 22.8. The van der Waals surface area contributed by atoms with Crippen LogP contribution in [-0.2, 0) is 11.2 Å². The summed E-state index contributed by atoms with van der Waals surface area (Å²) in [4.78, 5) is 0.915. The van der Waals surface area contributed by atoms with Gasteiger partial charge in [0.2, 0.25) is 0 Å². The van der Waals surface area contributed by atoms with Gasteiger partial charge in [-0.05, 0) is 40.6 Å². The summed E-state index contributed by atoms with van der Waals surface area (Å²) >= 11 is 7.95. The maximum absolute atomic E-state index is 14.5. The van der Waals surface area contributed by atoms with Crippen molar-refractivity contribution in [2.24, 2.45) is 0 Å². The lowest BCUT2D eigenvalue weighted by Crippen LogP contribution is -2.33. The molecule has 0 amide bonds. The Morgan fingerprint density at radius 3 is 2.70 bits per heavy atom. The monoisotopic (exact) mass is 410 g/mol. The van der Waals surface area contributed by atoms with Gasteiger partial charge in [-0.15, -0.1) is 11.8 Å². The Labute approximate surface area is 168 Å². The van der Waals surface area contributed by atoms with Gasteiger partial charge in [0, 0.05) is 29.2 Å². The molecule has 1 aliphatic rings. The first-order chi connectivity index (χ1) is 13.0. The van der Waals surface area contributed by atoms with Crippen molar-refractivity contribution in [3.8, 4) is 0 Å². The minimum Gasteiger partial charge on any atom is -0.394 e. The van der Waals surface area contributed by atoms with Crippen LogP contribution in [0.3, 0.4) is 0 Å². The molecule has 27 heavy (non-hydrogen) atoms. The molecule has 1 aliphatic heterocycles. The number of hydrogen-bond donors (Lipinski definition) is 2. The van der Waals surface area contributed by atoms with Crippen LogP contribution in [0.4, 0.5) is 4.39 Å². The summed E-state index contributed by atoms with van der Waals surface area (Å²) in [5, 5.41) is 20.0. The Kier molecular flexibility index (Phi) is 7.17. The Morgan fingerprint density at radius 2 is 2.00 bits per heavy atom. The Bertz CT molecular complexity index is 786. The zero-order valence-electron chi connectivity index (χ0n) is 15.2. The smallest absolute Gasteiger partial charge is 0.127 e. The quantitative estimate of drug-likeness (QED) is 0.674. The number of halogens is 2. The van der Waals surface area contributed by atoms with E-state index in [1.807, 2.05) is 25.1 Å². The van der Waals surface area contributed by atoms with Gasteiger partial charge in [0.05, 0.1) is 24.9 Å². The molecule has 2 aromatic rings. The summed E-state index contributed by atoms with van der Waals surface area (Å²) < 4.78 is 20.3. The summed E-state index contributed by atoms with van der Waals surface area (Å²) in [5.41, 5.74) is 2.28. The SMILES string of the molecule is CCSc1ccc(Cc2cc([C@H]3C[C@@H](O)C[C@@H](CO)O3)ccc2Cl)c(F)c1. The lowest BCUT2D eigenvalue weighted by Gasteiger charge is -2.32. The average Bonchev–Trinajstić information content (AvgIpc) is 2.65. The van der Waals surface area contributed by atoms with Crippen LogP contribution in [0.25, 0.3) is 0 Å². The molecule has 0 saturated carbocycles. The highest BCUT2D eigenvalue weighted by Crippen LogP contribution is 2.34. The lowest BCUT2D eigenvalue weighted by atomic mass is 9.94. The number of ether oxygens (including phenoxy) is 1. The van der Waals surface area contributed by atoms with Gasteiger partial charge in [-0.2, -0.15) is 0 Å². The molecule has 3 rings (SSSR count). The Balaban J connectivity index is 1.81. The predicted molar refractivity (Wildman–Crippen MR) is 107 cm³/mol. The molecule has 1 fully saturated rings. The number of aliphatic hydroxyl groups excluding tert-OH is 2. The molecule has 0 aromatic heterocycles. The van der Waals surface area contributed by atoms with Crippen LogP contribution in [-0.4, -0.2) is 34.8 Å². The molecule has 1 saturated heterocycles.